The van der Waals surface area contributed by atoms with Gasteiger partial charge in [0.2, 0.25) is 12.2 Å². The summed E-state index contributed by atoms with van der Waals surface area (Å²) in [4.78, 5) is 27.3. The average Bonchev–Trinajstić information content (AvgIpc) is 2.30. The fraction of sp³-hybridized carbons (Fsp3) is 0.833. The van der Waals surface area contributed by atoms with Gasteiger partial charge in [0.1, 0.15) is 0 Å². The fourth-order valence-electron chi connectivity index (χ4n) is 1.74. The van der Waals surface area contributed by atoms with E-state index in [1.807, 2.05) is 0 Å². The summed E-state index contributed by atoms with van der Waals surface area (Å²) in [6.07, 6.45) is 8.18. The fourth-order valence-corrected chi connectivity index (χ4v) is 1.74. The van der Waals surface area contributed by atoms with Gasteiger partial charge in [0.05, 0.1) is 13.1 Å². The van der Waals surface area contributed by atoms with Crippen molar-refractivity contribution in [1.82, 2.24) is 0 Å². The quantitative estimate of drug-likeness (QED) is 0.343. The maximum Gasteiger partial charge on any atom is 0.234 e. The predicted molar refractivity (Wildman–Crippen MR) is 62.8 cm³/mol. The normalized spacial score (nSPS) is 13.4. The Morgan fingerprint density at radius 2 is 1.69 bits per heavy atom. The zero-order valence-electron chi connectivity index (χ0n) is 10.2. The lowest BCUT2D eigenvalue weighted by atomic mass is 9.80. The smallest absolute Gasteiger partial charge is 0.211 e. The first kappa shape index (κ1) is 14.8. The lowest BCUT2D eigenvalue weighted by molar-refractivity contribution is 0.270. The SMILES string of the molecule is CCCCC(C)(CCCN=C=O)CN=C=O. The highest BCUT2D eigenvalue weighted by atomic mass is 16.1. The number of unbranched alkanes of at least 4 members (excludes halogenated alkanes) is 1. The third-order valence-corrected chi connectivity index (χ3v) is 2.77. The van der Waals surface area contributed by atoms with E-state index in [0.717, 1.165) is 32.1 Å². The van der Waals surface area contributed by atoms with Crippen LogP contribution in [0.15, 0.2) is 9.98 Å². The zero-order valence-corrected chi connectivity index (χ0v) is 10.2. The Labute approximate surface area is 96.9 Å². The first-order chi connectivity index (χ1) is 7.68. The molecule has 0 aromatic carbocycles. The van der Waals surface area contributed by atoms with Crippen LogP contribution in [0, 0.1) is 5.41 Å². The van der Waals surface area contributed by atoms with Crippen LogP contribution in [0.5, 0.6) is 0 Å². The summed E-state index contributed by atoms with van der Waals surface area (Å²) >= 11 is 0. The van der Waals surface area contributed by atoms with E-state index in [-0.39, 0.29) is 5.41 Å². The first-order valence-electron chi connectivity index (χ1n) is 5.76. The van der Waals surface area contributed by atoms with Crippen molar-refractivity contribution in [2.24, 2.45) is 15.4 Å². The highest BCUT2D eigenvalue weighted by Crippen LogP contribution is 2.30. The van der Waals surface area contributed by atoms with Crippen LogP contribution in [0.1, 0.15) is 46.0 Å². The van der Waals surface area contributed by atoms with Gasteiger partial charge in [0, 0.05) is 0 Å². The molecule has 90 valence electrons. The van der Waals surface area contributed by atoms with Crippen molar-refractivity contribution in [3.63, 3.8) is 0 Å². The minimum atomic E-state index is 0.0336. The van der Waals surface area contributed by atoms with E-state index < -0.39 is 0 Å². The number of hydrogen-bond acceptors (Lipinski definition) is 4. The van der Waals surface area contributed by atoms with Gasteiger partial charge < -0.3 is 0 Å². The number of carbonyl (C=O) groups excluding carboxylic acids is 2. The predicted octanol–water partition coefficient (Wildman–Crippen LogP) is 2.63. The second-order valence-electron chi connectivity index (χ2n) is 4.40. The molecule has 0 amide bonds. The van der Waals surface area contributed by atoms with Gasteiger partial charge in [-0.3, -0.25) is 0 Å². The molecule has 0 aromatic heterocycles. The van der Waals surface area contributed by atoms with Gasteiger partial charge in [-0.25, -0.2) is 19.6 Å². The lowest BCUT2D eigenvalue weighted by Gasteiger charge is -2.26. The van der Waals surface area contributed by atoms with Gasteiger partial charge in [0.15, 0.2) is 0 Å². The van der Waals surface area contributed by atoms with Crippen LogP contribution in [0.2, 0.25) is 0 Å². The van der Waals surface area contributed by atoms with E-state index in [9.17, 15) is 9.59 Å². The minimum Gasteiger partial charge on any atom is -0.211 e. The molecule has 1 unspecified atom stereocenters. The van der Waals surface area contributed by atoms with Crippen molar-refractivity contribution >= 4 is 12.2 Å². The standard InChI is InChI=1S/C12H20N2O2/c1-3-4-6-12(2,9-14-11-16)7-5-8-13-10-15/h3-9H2,1-2H3. The average molecular weight is 224 g/mol. The van der Waals surface area contributed by atoms with E-state index in [2.05, 4.69) is 23.8 Å². The maximum atomic E-state index is 10.1. The molecule has 1 atom stereocenters. The van der Waals surface area contributed by atoms with E-state index >= 15 is 0 Å². The summed E-state index contributed by atoms with van der Waals surface area (Å²) in [7, 11) is 0. The van der Waals surface area contributed by atoms with Crippen LogP contribution in [0.3, 0.4) is 0 Å². The monoisotopic (exact) mass is 224 g/mol. The van der Waals surface area contributed by atoms with Crippen LogP contribution in [-0.2, 0) is 9.59 Å². The van der Waals surface area contributed by atoms with Crippen LogP contribution in [0.25, 0.3) is 0 Å². The van der Waals surface area contributed by atoms with Crippen molar-refractivity contribution in [3.05, 3.63) is 0 Å². The molecule has 0 spiro atoms. The van der Waals surface area contributed by atoms with Crippen LogP contribution in [-0.4, -0.2) is 25.2 Å². The molecule has 0 aliphatic carbocycles. The Balaban J connectivity index is 4.15. The second kappa shape index (κ2) is 9.02. The summed E-state index contributed by atoms with van der Waals surface area (Å²) < 4.78 is 0. The van der Waals surface area contributed by atoms with E-state index in [1.54, 1.807) is 6.08 Å². The Morgan fingerprint density at radius 1 is 1.06 bits per heavy atom. The summed E-state index contributed by atoms with van der Waals surface area (Å²) in [5.74, 6) is 0. The molecule has 16 heavy (non-hydrogen) atoms. The molecule has 0 rings (SSSR count). The molecular weight excluding hydrogens is 204 g/mol. The molecule has 0 N–H and O–H groups in total. The van der Waals surface area contributed by atoms with Crippen LogP contribution < -0.4 is 0 Å². The van der Waals surface area contributed by atoms with Crippen molar-refractivity contribution in [3.8, 4) is 0 Å². The Hall–Kier alpha value is -1.24. The molecule has 0 aliphatic heterocycles. The maximum absolute atomic E-state index is 10.1. The summed E-state index contributed by atoms with van der Waals surface area (Å²) in [5.41, 5.74) is 0.0336. The van der Waals surface area contributed by atoms with Crippen molar-refractivity contribution in [2.75, 3.05) is 13.1 Å². The first-order valence-corrected chi connectivity index (χ1v) is 5.76. The molecule has 0 bridgehead atoms. The van der Waals surface area contributed by atoms with Crippen LogP contribution in [0.4, 0.5) is 0 Å². The Kier molecular flexibility index (Phi) is 8.32. The van der Waals surface area contributed by atoms with E-state index in [1.165, 1.54) is 6.08 Å². The number of hydrogen-bond donors (Lipinski definition) is 0. The third-order valence-electron chi connectivity index (χ3n) is 2.77. The Morgan fingerprint density at radius 3 is 2.25 bits per heavy atom. The second-order valence-corrected chi connectivity index (χ2v) is 4.40. The molecule has 0 heterocycles. The lowest BCUT2D eigenvalue weighted by Crippen LogP contribution is -2.20. The molecule has 4 heteroatoms. The minimum absolute atomic E-state index is 0.0336. The largest absolute Gasteiger partial charge is 0.234 e. The zero-order chi connectivity index (χ0) is 12.3. The van der Waals surface area contributed by atoms with Crippen molar-refractivity contribution in [1.29, 1.82) is 0 Å². The van der Waals surface area contributed by atoms with Crippen molar-refractivity contribution < 1.29 is 9.59 Å². The highest BCUT2D eigenvalue weighted by molar-refractivity contribution is 5.33. The molecule has 0 aromatic rings. The molecule has 0 saturated carbocycles. The summed E-state index contributed by atoms with van der Waals surface area (Å²) in [5, 5.41) is 0. The van der Waals surface area contributed by atoms with Gasteiger partial charge >= 0.3 is 0 Å². The number of rotatable bonds is 9. The third kappa shape index (κ3) is 7.10. The van der Waals surface area contributed by atoms with Gasteiger partial charge in [-0.15, -0.1) is 0 Å². The molecule has 0 radical (unpaired) electrons. The molecular formula is C12H20N2O2. The number of isocyanates is 2. The summed E-state index contributed by atoms with van der Waals surface area (Å²) in [6.45, 7) is 5.28. The number of aliphatic imine (C=N–C) groups is 2. The van der Waals surface area contributed by atoms with Gasteiger partial charge in [-0.05, 0) is 24.7 Å². The molecule has 0 aliphatic rings. The molecule has 0 saturated heterocycles. The molecule has 0 fully saturated rings. The summed E-state index contributed by atoms with van der Waals surface area (Å²) in [6, 6.07) is 0. The highest BCUT2D eigenvalue weighted by Gasteiger charge is 2.22. The molecule has 4 nitrogen and oxygen atoms in total. The van der Waals surface area contributed by atoms with Crippen molar-refractivity contribution in [2.45, 2.75) is 46.0 Å². The van der Waals surface area contributed by atoms with Gasteiger partial charge in [-0.2, -0.15) is 0 Å². The van der Waals surface area contributed by atoms with Gasteiger partial charge in [0.25, 0.3) is 0 Å². The van der Waals surface area contributed by atoms with Gasteiger partial charge in [-0.1, -0.05) is 26.7 Å². The Bertz CT molecular complexity index is 279. The van der Waals surface area contributed by atoms with E-state index in [4.69, 9.17) is 0 Å². The van der Waals surface area contributed by atoms with Crippen LogP contribution >= 0.6 is 0 Å². The topological polar surface area (TPSA) is 58.9 Å². The van der Waals surface area contributed by atoms with E-state index in [0.29, 0.717) is 13.1 Å². The number of nitrogens with zero attached hydrogens (tertiary/aromatic N) is 2.